The highest BCUT2D eigenvalue weighted by molar-refractivity contribution is 5.14. The number of hydrogen-bond acceptors (Lipinski definition) is 5. The summed E-state index contributed by atoms with van der Waals surface area (Å²) in [6.07, 6.45) is 3.25. The van der Waals surface area contributed by atoms with E-state index in [4.69, 9.17) is 23.7 Å². The second-order valence-electron chi connectivity index (χ2n) is 6.97. The SMILES string of the molecule is c1ccc(COCCCCCOCCOCCOCCOCc2ccccc2)cc1. The van der Waals surface area contributed by atoms with Crippen LogP contribution in [-0.4, -0.2) is 52.9 Å². The number of rotatable bonds is 19. The summed E-state index contributed by atoms with van der Waals surface area (Å²) in [5.41, 5.74) is 2.40. The highest BCUT2D eigenvalue weighted by Crippen LogP contribution is 2.03. The molecular weight excluding hydrogens is 380 g/mol. The summed E-state index contributed by atoms with van der Waals surface area (Å²) < 4.78 is 27.8. The molecule has 5 nitrogen and oxygen atoms in total. The first-order valence-electron chi connectivity index (χ1n) is 10.9. The highest BCUT2D eigenvalue weighted by Gasteiger charge is 1.96. The molecule has 0 aliphatic heterocycles. The molecule has 0 heterocycles. The van der Waals surface area contributed by atoms with Crippen LogP contribution in [0.25, 0.3) is 0 Å². The molecular formula is C25H36O5. The maximum absolute atomic E-state index is 5.67. The van der Waals surface area contributed by atoms with Crippen LogP contribution in [0, 0.1) is 0 Å². The van der Waals surface area contributed by atoms with E-state index < -0.39 is 0 Å². The first-order valence-corrected chi connectivity index (χ1v) is 10.9. The lowest BCUT2D eigenvalue weighted by molar-refractivity contribution is -0.00452. The van der Waals surface area contributed by atoms with Gasteiger partial charge < -0.3 is 23.7 Å². The van der Waals surface area contributed by atoms with Crippen molar-refractivity contribution in [3.63, 3.8) is 0 Å². The fourth-order valence-corrected chi connectivity index (χ4v) is 2.77. The molecule has 0 N–H and O–H groups in total. The van der Waals surface area contributed by atoms with Crippen LogP contribution in [-0.2, 0) is 36.9 Å². The van der Waals surface area contributed by atoms with Gasteiger partial charge in [0.05, 0.1) is 52.9 Å². The van der Waals surface area contributed by atoms with Crippen molar-refractivity contribution in [3.05, 3.63) is 71.8 Å². The number of unbranched alkanes of at least 4 members (excludes halogenated alkanes) is 2. The first-order chi connectivity index (χ1) is 14.9. The van der Waals surface area contributed by atoms with Crippen molar-refractivity contribution in [2.24, 2.45) is 0 Å². The molecule has 2 aromatic carbocycles. The molecule has 2 aromatic rings. The number of ether oxygens (including phenoxy) is 5. The van der Waals surface area contributed by atoms with E-state index in [9.17, 15) is 0 Å². The molecule has 0 saturated heterocycles. The monoisotopic (exact) mass is 416 g/mol. The average molecular weight is 417 g/mol. The third kappa shape index (κ3) is 13.5. The van der Waals surface area contributed by atoms with Gasteiger partial charge in [-0.3, -0.25) is 0 Å². The zero-order valence-corrected chi connectivity index (χ0v) is 18.0. The summed E-state index contributed by atoms with van der Waals surface area (Å²) in [5.74, 6) is 0. The van der Waals surface area contributed by atoms with Gasteiger partial charge in [0.2, 0.25) is 0 Å². The number of benzene rings is 2. The Morgan fingerprint density at radius 1 is 0.367 bits per heavy atom. The van der Waals surface area contributed by atoms with Crippen LogP contribution in [0.15, 0.2) is 60.7 Å². The van der Waals surface area contributed by atoms with Crippen LogP contribution in [0.5, 0.6) is 0 Å². The van der Waals surface area contributed by atoms with E-state index in [1.807, 2.05) is 36.4 Å². The van der Waals surface area contributed by atoms with E-state index in [2.05, 4.69) is 24.3 Å². The van der Waals surface area contributed by atoms with Crippen LogP contribution < -0.4 is 0 Å². The Hall–Kier alpha value is -1.76. The van der Waals surface area contributed by atoms with Gasteiger partial charge in [0, 0.05) is 13.2 Å². The molecule has 0 aliphatic carbocycles. The minimum atomic E-state index is 0.581. The smallest absolute Gasteiger partial charge is 0.0718 e. The molecule has 0 radical (unpaired) electrons. The Bertz CT molecular complexity index is 550. The van der Waals surface area contributed by atoms with E-state index in [-0.39, 0.29) is 0 Å². The second-order valence-corrected chi connectivity index (χ2v) is 6.97. The first kappa shape index (κ1) is 24.5. The van der Waals surface area contributed by atoms with Crippen molar-refractivity contribution in [1.29, 1.82) is 0 Å². The van der Waals surface area contributed by atoms with Gasteiger partial charge in [-0.1, -0.05) is 60.7 Å². The summed E-state index contributed by atoms with van der Waals surface area (Å²) in [4.78, 5) is 0. The van der Waals surface area contributed by atoms with Crippen molar-refractivity contribution in [2.45, 2.75) is 32.5 Å². The fourth-order valence-electron chi connectivity index (χ4n) is 2.77. The molecule has 166 valence electrons. The van der Waals surface area contributed by atoms with E-state index in [1.165, 1.54) is 11.1 Å². The van der Waals surface area contributed by atoms with E-state index in [1.54, 1.807) is 0 Å². The summed E-state index contributed by atoms with van der Waals surface area (Å²) in [7, 11) is 0. The molecule has 0 amide bonds. The lowest BCUT2D eigenvalue weighted by Crippen LogP contribution is -2.12. The molecule has 0 fully saturated rings. The van der Waals surface area contributed by atoms with Gasteiger partial charge in [-0.2, -0.15) is 0 Å². The third-order valence-corrected chi connectivity index (χ3v) is 4.42. The average Bonchev–Trinajstić information content (AvgIpc) is 2.79. The van der Waals surface area contributed by atoms with Gasteiger partial charge in [0.25, 0.3) is 0 Å². The highest BCUT2D eigenvalue weighted by atomic mass is 16.6. The van der Waals surface area contributed by atoms with Crippen LogP contribution in [0.3, 0.4) is 0 Å². The molecule has 0 saturated carbocycles. The molecule has 2 rings (SSSR count). The Labute approximate surface area is 181 Å². The topological polar surface area (TPSA) is 46.2 Å². The van der Waals surface area contributed by atoms with Gasteiger partial charge in [-0.15, -0.1) is 0 Å². The van der Waals surface area contributed by atoms with Crippen molar-refractivity contribution in [3.8, 4) is 0 Å². The van der Waals surface area contributed by atoms with Crippen molar-refractivity contribution >= 4 is 0 Å². The van der Waals surface area contributed by atoms with E-state index >= 15 is 0 Å². The quantitative estimate of drug-likeness (QED) is 0.312. The van der Waals surface area contributed by atoms with Crippen molar-refractivity contribution in [2.75, 3.05) is 52.9 Å². The van der Waals surface area contributed by atoms with Gasteiger partial charge in [-0.25, -0.2) is 0 Å². The van der Waals surface area contributed by atoms with Crippen molar-refractivity contribution < 1.29 is 23.7 Å². The summed E-state index contributed by atoms with van der Waals surface area (Å²) in [6.45, 7) is 6.47. The lowest BCUT2D eigenvalue weighted by atomic mass is 10.2. The maximum Gasteiger partial charge on any atom is 0.0718 e. The predicted octanol–water partition coefficient (Wildman–Crippen LogP) is 4.64. The standard InChI is InChI=1S/C25H36O5/c1-4-10-24(11-5-1)22-29-15-9-3-8-14-26-16-17-27-18-19-28-20-21-30-23-25-12-6-2-7-13-25/h1-2,4-7,10-13H,3,8-9,14-23H2. The molecule has 0 aromatic heterocycles. The van der Waals surface area contributed by atoms with E-state index in [0.29, 0.717) is 52.9 Å². The summed E-state index contributed by atoms with van der Waals surface area (Å²) in [5, 5.41) is 0. The second kappa shape index (κ2) is 18.0. The summed E-state index contributed by atoms with van der Waals surface area (Å²) >= 11 is 0. The van der Waals surface area contributed by atoms with Crippen LogP contribution in [0.1, 0.15) is 30.4 Å². The third-order valence-electron chi connectivity index (χ3n) is 4.42. The van der Waals surface area contributed by atoms with Gasteiger partial charge in [-0.05, 0) is 30.4 Å². The Kier molecular flexibility index (Phi) is 14.7. The van der Waals surface area contributed by atoms with Crippen LogP contribution in [0.2, 0.25) is 0 Å². The molecule has 0 atom stereocenters. The molecule has 30 heavy (non-hydrogen) atoms. The molecule has 0 spiro atoms. The fraction of sp³-hybridized carbons (Fsp3) is 0.520. The largest absolute Gasteiger partial charge is 0.379 e. The Morgan fingerprint density at radius 3 is 1.23 bits per heavy atom. The van der Waals surface area contributed by atoms with Crippen LogP contribution >= 0.6 is 0 Å². The van der Waals surface area contributed by atoms with Gasteiger partial charge in [0.15, 0.2) is 0 Å². The number of hydrogen-bond donors (Lipinski definition) is 0. The normalized spacial score (nSPS) is 11.1. The van der Waals surface area contributed by atoms with E-state index in [0.717, 1.165) is 32.5 Å². The predicted molar refractivity (Wildman–Crippen MR) is 119 cm³/mol. The minimum absolute atomic E-state index is 0.581. The van der Waals surface area contributed by atoms with Crippen molar-refractivity contribution in [1.82, 2.24) is 0 Å². The van der Waals surface area contributed by atoms with Gasteiger partial charge in [0.1, 0.15) is 0 Å². The zero-order valence-electron chi connectivity index (χ0n) is 18.0. The minimum Gasteiger partial charge on any atom is -0.379 e. The van der Waals surface area contributed by atoms with Crippen LogP contribution in [0.4, 0.5) is 0 Å². The Balaban J connectivity index is 1.23. The maximum atomic E-state index is 5.67. The molecule has 5 heteroatoms. The molecule has 0 bridgehead atoms. The lowest BCUT2D eigenvalue weighted by Gasteiger charge is -2.08. The molecule has 0 unspecified atom stereocenters. The van der Waals surface area contributed by atoms with Gasteiger partial charge >= 0.3 is 0 Å². The zero-order chi connectivity index (χ0) is 21.0. The summed E-state index contributed by atoms with van der Waals surface area (Å²) in [6, 6.07) is 20.4. The molecule has 0 aliphatic rings. The Morgan fingerprint density at radius 2 is 0.733 bits per heavy atom.